The first-order chi connectivity index (χ1) is 11.9. The lowest BCUT2D eigenvalue weighted by molar-refractivity contribution is 0.326. The van der Waals surface area contributed by atoms with E-state index in [1.807, 2.05) is 0 Å². The van der Waals surface area contributed by atoms with Crippen LogP contribution < -0.4 is 0 Å². The van der Waals surface area contributed by atoms with Crippen LogP contribution in [0.5, 0.6) is 0 Å². The van der Waals surface area contributed by atoms with Gasteiger partial charge in [-0.2, -0.15) is 0 Å². The molecular weight excluding hydrogens is 363 g/mol. The van der Waals surface area contributed by atoms with Gasteiger partial charge in [0, 0.05) is 51.1 Å². The van der Waals surface area contributed by atoms with E-state index >= 15 is 0 Å². The van der Waals surface area contributed by atoms with Gasteiger partial charge in [0.1, 0.15) is 0 Å². The Morgan fingerprint density at radius 3 is 1.27 bits per heavy atom. The van der Waals surface area contributed by atoms with Crippen molar-refractivity contribution in [2.75, 3.05) is 26.2 Å². The number of hydrogen-bond acceptors (Lipinski definition) is 2. The third-order valence-corrected chi connectivity index (χ3v) is 4.79. The zero-order valence-electron chi connectivity index (χ0n) is 15.5. The molecule has 1 aromatic rings. The van der Waals surface area contributed by atoms with Gasteiger partial charge in [0.05, 0.1) is 0 Å². The molecule has 0 amide bonds. The van der Waals surface area contributed by atoms with E-state index in [1.165, 1.54) is 49.7 Å². The summed E-state index contributed by atoms with van der Waals surface area (Å²) < 4.78 is 0. The van der Waals surface area contributed by atoms with E-state index in [4.69, 9.17) is 0 Å². The summed E-state index contributed by atoms with van der Waals surface area (Å²) in [6.45, 7) is 4.56. The second-order valence-corrected chi connectivity index (χ2v) is 6.84. The van der Waals surface area contributed by atoms with Gasteiger partial charge in [-0.25, -0.2) is 0 Å². The Morgan fingerprint density at radius 1 is 0.577 bits per heavy atom. The molecule has 0 aromatic heterocycles. The normalized spacial score (nSPS) is 16.2. The molecule has 0 spiro atoms. The molecule has 26 heavy (non-hydrogen) atoms. The second kappa shape index (κ2) is 12.8. The summed E-state index contributed by atoms with van der Waals surface area (Å²) in [5.74, 6) is 6.64. The Balaban J connectivity index is 0.00000169. The summed E-state index contributed by atoms with van der Waals surface area (Å²) in [6, 6.07) is 15.4. The lowest BCUT2D eigenvalue weighted by atomic mass is 10.1. The number of halogens is 2. The van der Waals surface area contributed by atoms with Crippen molar-refractivity contribution < 1.29 is 0 Å². The molecule has 2 aliphatic rings. The van der Waals surface area contributed by atoms with Crippen LogP contribution in [-0.4, -0.2) is 36.0 Å². The summed E-state index contributed by atoms with van der Waals surface area (Å²) in [5.41, 5.74) is 2.60. The van der Waals surface area contributed by atoms with Gasteiger partial charge >= 0.3 is 0 Å². The van der Waals surface area contributed by atoms with Gasteiger partial charge in [0.2, 0.25) is 0 Å². The van der Waals surface area contributed by atoms with Crippen molar-refractivity contribution in [1.82, 2.24) is 9.80 Å². The maximum atomic E-state index is 3.32. The van der Waals surface area contributed by atoms with E-state index in [2.05, 4.69) is 58.0 Å². The van der Waals surface area contributed by atoms with Crippen molar-refractivity contribution in [1.29, 1.82) is 0 Å². The largest absolute Gasteiger partial charge is 0.333 e. The highest BCUT2D eigenvalue weighted by atomic mass is 35.5. The van der Waals surface area contributed by atoms with Crippen molar-refractivity contribution in [2.24, 2.45) is 0 Å². The molecule has 0 aliphatic carbocycles. The molecule has 0 unspecified atom stereocenters. The molecule has 0 saturated carbocycles. The molecule has 2 aliphatic heterocycles. The molecule has 142 valence electrons. The Morgan fingerprint density at radius 2 is 0.923 bits per heavy atom. The highest BCUT2D eigenvalue weighted by molar-refractivity contribution is 5.85. The van der Waals surface area contributed by atoms with Crippen molar-refractivity contribution in [3.63, 3.8) is 0 Å². The Hall–Kier alpha value is -1.48. The molecule has 3 rings (SSSR count). The molecule has 2 nitrogen and oxygen atoms in total. The highest BCUT2D eigenvalue weighted by Gasteiger charge is 2.05. The van der Waals surface area contributed by atoms with Crippen molar-refractivity contribution in [3.05, 3.63) is 35.4 Å². The molecule has 2 fully saturated rings. The van der Waals surface area contributed by atoms with Crippen molar-refractivity contribution in [3.8, 4) is 23.9 Å². The third-order valence-electron chi connectivity index (χ3n) is 4.79. The third kappa shape index (κ3) is 7.82. The number of rotatable bonds is 2. The molecule has 0 radical (unpaired) electrons. The number of nitrogens with zero attached hydrogens (tertiary/aromatic N) is 2. The standard InChI is InChI=1S/C22H28N2.2ClH/c1-3-15-23(16-4-1)19-7-9-21-11-13-22(14-12-21)10-8-20-24-17-5-2-6-18-24;;/h11-14H,1-6,9-10,15-18H2;2*1H. The Kier molecular flexibility index (Phi) is 11.1. The minimum atomic E-state index is 0. The summed E-state index contributed by atoms with van der Waals surface area (Å²) in [5, 5.41) is 0. The van der Waals surface area contributed by atoms with E-state index < -0.39 is 0 Å². The zero-order valence-corrected chi connectivity index (χ0v) is 17.1. The van der Waals surface area contributed by atoms with E-state index in [0.29, 0.717) is 0 Å². The fourth-order valence-corrected chi connectivity index (χ4v) is 3.29. The van der Waals surface area contributed by atoms with Gasteiger partial charge < -0.3 is 9.80 Å². The average Bonchev–Trinajstić information content (AvgIpc) is 2.65. The van der Waals surface area contributed by atoms with Gasteiger partial charge in [0.15, 0.2) is 0 Å². The summed E-state index contributed by atoms with van der Waals surface area (Å²) in [7, 11) is 0. The van der Waals surface area contributed by atoms with Crippen LogP contribution in [0.4, 0.5) is 0 Å². The van der Waals surface area contributed by atoms with Gasteiger partial charge in [-0.3, -0.25) is 0 Å². The molecule has 2 saturated heterocycles. The lowest BCUT2D eigenvalue weighted by Gasteiger charge is -2.22. The SMILES string of the molecule is C(#CN1CCCCC1)Cc1ccc(CC#CN2CCCCC2)cc1.Cl.Cl. The molecule has 1 aromatic carbocycles. The van der Waals surface area contributed by atoms with Crippen LogP contribution in [0.2, 0.25) is 0 Å². The highest BCUT2D eigenvalue weighted by Crippen LogP contribution is 2.09. The monoisotopic (exact) mass is 392 g/mol. The Labute approximate surface area is 171 Å². The van der Waals surface area contributed by atoms with Gasteiger partial charge in [-0.15, -0.1) is 24.8 Å². The van der Waals surface area contributed by atoms with Crippen LogP contribution in [0.1, 0.15) is 49.7 Å². The van der Waals surface area contributed by atoms with Crippen LogP contribution in [0.25, 0.3) is 0 Å². The zero-order chi connectivity index (χ0) is 16.5. The Bertz CT molecular complexity index is 565. The number of benzene rings is 1. The first kappa shape index (κ1) is 22.6. The summed E-state index contributed by atoms with van der Waals surface area (Å²) in [4.78, 5) is 4.54. The van der Waals surface area contributed by atoms with Gasteiger partial charge in [-0.1, -0.05) is 36.1 Å². The van der Waals surface area contributed by atoms with E-state index in [-0.39, 0.29) is 24.8 Å². The average molecular weight is 393 g/mol. The quantitative estimate of drug-likeness (QED) is 0.683. The molecule has 2 heterocycles. The predicted octanol–water partition coefficient (Wildman–Crippen LogP) is 4.51. The number of hydrogen-bond donors (Lipinski definition) is 0. The minimum Gasteiger partial charge on any atom is -0.333 e. The summed E-state index contributed by atoms with van der Waals surface area (Å²) in [6.07, 6.45) is 9.58. The topological polar surface area (TPSA) is 6.48 Å². The molecular formula is C22H30Cl2N2. The van der Waals surface area contributed by atoms with Crippen LogP contribution in [-0.2, 0) is 12.8 Å². The van der Waals surface area contributed by atoms with E-state index in [1.54, 1.807) is 0 Å². The van der Waals surface area contributed by atoms with Gasteiger partial charge in [0.25, 0.3) is 0 Å². The minimum absolute atomic E-state index is 0. The van der Waals surface area contributed by atoms with Crippen molar-refractivity contribution in [2.45, 2.75) is 51.4 Å². The van der Waals surface area contributed by atoms with Crippen molar-refractivity contribution >= 4 is 24.8 Å². The molecule has 0 N–H and O–H groups in total. The fourth-order valence-electron chi connectivity index (χ4n) is 3.29. The van der Waals surface area contributed by atoms with E-state index in [9.17, 15) is 0 Å². The second-order valence-electron chi connectivity index (χ2n) is 6.84. The maximum Gasteiger partial charge on any atom is 0.0358 e. The number of likely N-dealkylation sites (tertiary alicyclic amines) is 2. The van der Waals surface area contributed by atoms with Gasteiger partial charge in [-0.05, 0) is 49.7 Å². The number of piperidine rings is 2. The fraction of sp³-hybridized carbons (Fsp3) is 0.545. The van der Waals surface area contributed by atoms with Crippen LogP contribution >= 0.6 is 24.8 Å². The van der Waals surface area contributed by atoms with Crippen LogP contribution in [0.3, 0.4) is 0 Å². The first-order valence-electron chi connectivity index (χ1n) is 9.45. The van der Waals surface area contributed by atoms with E-state index in [0.717, 1.165) is 39.0 Å². The molecule has 4 heteroatoms. The first-order valence-corrected chi connectivity index (χ1v) is 9.45. The van der Waals surface area contributed by atoms with Crippen LogP contribution in [0, 0.1) is 23.9 Å². The lowest BCUT2D eigenvalue weighted by Crippen LogP contribution is -2.24. The molecule has 0 atom stereocenters. The van der Waals surface area contributed by atoms with Crippen LogP contribution in [0.15, 0.2) is 24.3 Å². The smallest absolute Gasteiger partial charge is 0.0358 e. The maximum absolute atomic E-state index is 3.32. The molecule has 0 bridgehead atoms. The summed E-state index contributed by atoms with van der Waals surface area (Å²) >= 11 is 0. The predicted molar refractivity (Wildman–Crippen MR) is 115 cm³/mol.